The lowest BCUT2D eigenvalue weighted by atomic mass is 10.1. The largest absolute Gasteiger partial charge is 0.391 e. The van der Waals surface area contributed by atoms with Gasteiger partial charge in [0, 0.05) is 54.0 Å². The SMILES string of the molecule is O=C([C@@H]1CCN1S(=O)(=O)c1ccc(N2CC[C@H](O)C2)c(-c2cc3ccccc3[nH]2)c1)N1C[C@H]2C[C@@H]1CO2. The number of anilines is 1. The van der Waals surface area contributed by atoms with Crippen LogP contribution in [0.3, 0.4) is 0 Å². The molecule has 0 saturated carbocycles. The van der Waals surface area contributed by atoms with E-state index in [1.165, 1.54) is 4.31 Å². The zero-order valence-corrected chi connectivity index (χ0v) is 21.2. The van der Waals surface area contributed by atoms with Crippen LogP contribution in [0.15, 0.2) is 53.4 Å². The van der Waals surface area contributed by atoms with Crippen LogP contribution < -0.4 is 4.90 Å². The van der Waals surface area contributed by atoms with E-state index in [0.717, 1.165) is 34.3 Å². The lowest BCUT2D eigenvalue weighted by Gasteiger charge is -2.41. The van der Waals surface area contributed by atoms with Gasteiger partial charge in [-0.1, -0.05) is 18.2 Å². The summed E-state index contributed by atoms with van der Waals surface area (Å²) < 4.78 is 34.6. The summed E-state index contributed by atoms with van der Waals surface area (Å²) in [4.78, 5) is 20.8. The third kappa shape index (κ3) is 3.77. The molecule has 4 saturated heterocycles. The van der Waals surface area contributed by atoms with Crippen molar-refractivity contribution in [1.82, 2.24) is 14.2 Å². The van der Waals surface area contributed by atoms with Gasteiger partial charge in [-0.3, -0.25) is 4.79 Å². The first-order valence-corrected chi connectivity index (χ1v) is 14.4. The van der Waals surface area contributed by atoms with Gasteiger partial charge in [0.05, 0.1) is 29.8 Å². The fourth-order valence-corrected chi connectivity index (χ4v) is 7.89. The Morgan fingerprint density at radius 2 is 1.92 bits per heavy atom. The number of hydrogen-bond acceptors (Lipinski definition) is 6. The van der Waals surface area contributed by atoms with Gasteiger partial charge in [-0.05, 0) is 49.6 Å². The Balaban J connectivity index is 1.24. The maximum absolute atomic E-state index is 13.8. The molecule has 3 aromatic rings. The topological polar surface area (TPSA) is 106 Å². The van der Waals surface area contributed by atoms with Gasteiger partial charge in [-0.2, -0.15) is 4.31 Å². The van der Waals surface area contributed by atoms with Gasteiger partial charge < -0.3 is 24.6 Å². The van der Waals surface area contributed by atoms with Crippen LogP contribution in [0.4, 0.5) is 5.69 Å². The fraction of sp³-hybridized carbons (Fsp3) is 0.444. The first kappa shape index (κ1) is 23.2. The van der Waals surface area contributed by atoms with Crippen molar-refractivity contribution in [2.45, 2.75) is 48.4 Å². The smallest absolute Gasteiger partial charge is 0.243 e. The molecule has 194 valence electrons. The molecule has 2 N–H and O–H groups in total. The highest BCUT2D eigenvalue weighted by Crippen LogP contribution is 2.38. The van der Waals surface area contributed by atoms with Crippen LogP contribution in [0.2, 0.25) is 0 Å². The van der Waals surface area contributed by atoms with Crippen LogP contribution in [0.1, 0.15) is 19.3 Å². The second-order valence-corrected chi connectivity index (χ2v) is 12.5. The van der Waals surface area contributed by atoms with Crippen molar-refractivity contribution in [2.24, 2.45) is 0 Å². The molecular formula is C27H30N4O5S. The molecule has 0 spiro atoms. The Bertz CT molecular complexity index is 1450. The number of β-amino-alcohol motifs (C(OH)–C–C–N with tert-alkyl or cyclic N) is 1. The Morgan fingerprint density at radius 3 is 2.59 bits per heavy atom. The van der Waals surface area contributed by atoms with Crippen molar-refractivity contribution in [2.75, 3.05) is 37.7 Å². The number of aromatic nitrogens is 1. The number of likely N-dealkylation sites (tertiary alicyclic amines) is 1. The quantitative estimate of drug-likeness (QED) is 0.532. The van der Waals surface area contributed by atoms with Crippen LogP contribution >= 0.6 is 0 Å². The fourth-order valence-electron chi connectivity index (χ4n) is 6.24. The number of aliphatic hydroxyl groups is 1. The number of nitrogens with zero attached hydrogens (tertiary/aromatic N) is 3. The number of para-hydroxylation sites is 1. The van der Waals surface area contributed by atoms with E-state index in [-0.39, 0.29) is 22.9 Å². The van der Waals surface area contributed by atoms with Crippen molar-refractivity contribution in [1.29, 1.82) is 0 Å². The molecule has 1 aromatic heterocycles. The number of rotatable bonds is 5. The van der Waals surface area contributed by atoms with Crippen molar-refractivity contribution in [3.8, 4) is 11.3 Å². The minimum Gasteiger partial charge on any atom is -0.391 e. The van der Waals surface area contributed by atoms with E-state index in [9.17, 15) is 18.3 Å². The number of carbonyl (C=O) groups is 1. The minimum atomic E-state index is -3.88. The number of sulfonamides is 1. The minimum absolute atomic E-state index is 0.0614. The van der Waals surface area contributed by atoms with Gasteiger partial charge in [0.2, 0.25) is 15.9 Å². The van der Waals surface area contributed by atoms with Gasteiger partial charge in [-0.15, -0.1) is 0 Å². The maximum Gasteiger partial charge on any atom is 0.243 e. The highest BCUT2D eigenvalue weighted by molar-refractivity contribution is 7.89. The molecule has 4 aliphatic rings. The van der Waals surface area contributed by atoms with E-state index >= 15 is 0 Å². The first-order valence-electron chi connectivity index (χ1n) is 13.0. The molecule has 0 unspecified atom stereocenters. The van der Waals surface area contributed by atoms with Crippen molar-refractivity contribution in [3.05, 3.63) is 48.5 Å². The standard InChI is InChI=1S/C27H30N4O5S/c32-19-7-9-29(14-19)25-6-5-21(13-22(25)24-11-17-3-1-2-4-23(17)28-24)37(34,35)31-10-8-26(31)27(33)30-15-20-12-18(30)16-36-20/h1-6,11,13,18-20,26,28,32H,7-10,12,14-16H2/t18-,19+,20-,26+/m1/s1. The molecule has 10 heteroatoms. The number of amides is 1. The summed E-state index contributed by atoms with van der Waals surface area (Å²) in [7, 11) is -3.88. The van der Waals surface area contributed by atoms with Crippen LogP contribution in [-0.2, 0) is 19.6 Å². The number of fused-ring (bicyclic) bond motifs is 3. The number of aromatic amines is 1. The summed E-state index contributed by atoms with van der Waals surface area (Å²) in [6.07, 6.45) is 1.72. The van der Waals surface area contributed by atoms with Gasteiger partial charge in [0.1, 0.15) is 6.04 Å². The van der Waals surface area contributed by atoms with Gasteiger partial charge in [0.25, 0.3) is 0 Å². The summed E-state index contributed by atoms with van der Waals surface area (Å²) in [6.45, 7) is 2.62. The Morgan fingerprint density at radius 1 is 1.05 bits per heavy atom. The van der Waals surface area contributed by atoms with Crippen molar-refractivity contribution >= 4 is 32.5 Å². The van der Waals surface area contributed by atoms with Gasteiger partial charge >= 0.3 is 0 Å². The van der Waals surface area contributed by atoms with Gasteiger partial charge in [0.15, 0.2) is 0 Å². The molecule has 9 nitrogen and oxygen atoms in total. The van der Waals surface area contributed by atoms with Crippen molar-refractivity contribution in [3.63, 3.8) is 0 Å². The highest BCUT2D eigenvalue weighted by Gasteiger charge is 2.49. The summed E-state index contributed by atoms with van der Waals surface area (Å²) >= 11 is 0. The summed E-state index contributed by atoms with van der Waals surface area (Å²) in [5, 5.41) is 11.2. The third-order valence-electron chi connectivity index (χ3n) is 8.34. The molecule has 5 heterocycles. The van der Waals surface area contributed by atoms with E-state index in [2.05, 4.69) is 9.88 Å². The van der Waals surface area contributed by atoms with Crippen LogP contribution in [-0.4, -0.2) is 90.7 Å². The number of hydrogen-bond donors (Lipinski definition) is 2. The van der Waals surface area contributed by atoms with Crippen LogP contribution in [0, 0.1) is 0 Å². The molecule has 1 amide bonds. The zero-order valence-electron chi connectivity index (χ0n) is 20.4. The molecule has 7 rings (SSSR count). The second-order valence-electron chi connectivity index (χ2n) is 10.6. The Labute approximate surface area is 215 Å². The average molecular weight is 523 g/mol. The molecule has 4 atom stereocenters. The molecule has 0 radical (unpaired) electrons. The first-order chi connectivity index (χ1) is 17.9. The number of benzene rings is 2. The summed E-state index contributed by atoms with van der Waals surface area (Å²) in [5.74, 6) is -0.107. The summed E-state index contributed by atoms with van der Waals surface area (Å²) in [5.41, 5.74) is 3.43. The molecule has 4 fully saturated rings. The Hall–Kier alpha value is -2.92. The normalized spacial score (nSPS) is 27.8. The number of ether oxygens (including phenoxy) is 1. The van der Waals surface area contributed by atoms with E-state index in [1.807, 2.05) is 41.3 Å². The van der Waals surface area contributed by atoms with E-state index in [4.69, 9.17) is 4.74 Å². The second kappa shape index (κ2) is 8.56. The molecule has 37 heavy (non-hydrogen) atoms. The van der Waals surface area contributed by atoms with E-state index in [1.54, 1.807) is 12.1 Å². The van der Waals surface area contributed by atoms with E-state index < -0.39 is 22.2 Å². The monoisotopic (exact) mass is 522 g/mol. The predicted molar refractivity (Wildman–Crippen MR) is 139 cm³/mol. The van der Waals surface area contributed by atoms with Crippen LogP contribution in [0.5, 0.6) is 0 Å². The maximum atomic E-state index is 13.8. The summed E-state index contributed by atoms with van der Waals surface area (Å²) in [6, 6.07) is 14.5. The number of aliphatic hydroxyl groups excluding tert-OH is 1. The third-order valence-corrected chi connectivity index (χ3v) is 10.2. The van der Waals surface area contributed by atoms with Crippen molar-refractivity contribution < 1.29 is 23.1 Å². The van der Waals surface area contributed by atoms with Crippen LogP contribution in [0.25, 0.3) is 22.2 Å². The zero-order chi connectivity index (χ0) is 25.3. The molecule has 4 aliphatic heterocycles. The lowest BCUT2D eigenvalue weighted by molar-refractivity contribution is -0.142. The number of carbonyl (C=O) groups excluding carboxylic acids is 1. The molecule has 0 aliphatic carbocycles. The number of H-pyrrole nitrogens is 1. The molecular weight excluding hydrogens is 492 g/mol. The molecule has 2 bridgehead atoms. The predicted octanol–water partition coefficient (Wildman–Crippen LogP) is 2.17. The highest BCUT2D eigenvalue weighted by atomic mass is 32.2. The Kier molecular flexibility index (Phi) is 5.37. The average Bonchev–Trinajstić information content (AvgIpc) is 3.66. The lowest BCUT2D eigenvalue weighted by Crippen LogP contribution is -2.60. The number of nitrogens with one attached hydrogen (secondary N) is 1. The van der Waals surface area contributed by atoms with E-state index in [0.29, 0.717) is 45.6 Å². The van der Waals surface area contributed by atoms with Gasteiger partial charge in [-0.25, -0.2) is 8.42 Å². The number of morpholine rings is 1. The molecule has 2 aromatic carbocycles.